The van der Waals surface area contributed by atoms with Gasteiger partial charge in [-0.1, -0.05) is 37.6 Å². The number of hydrogen-bond acceptors (Lipinski definition) is 3. The molecule has 0 heterocycles. The van der Waals surface area contributed by atoms with Crippen molar-refractivity contribution < 1.29 is 13.2 Å². The lowest BCUT2D eigenvalue weighted by Crippen LogP contribution is -2.24. The van der Waals surface area contributed by atoms with Crippen molar-refractivity contribution in [2.45, 2.75) is 31.1 Å². The molecule has 0 spiro atoms. The molecule has 2 N–H and O–H groups in total. The zero-order valence-electron chi connectivity index (χ0n) is 14.9. The van der Waals surface area contributed by atoms with Gasteiger partial charge in [0, 0.05) is 17.8 Å². The van der Waals surface area contributed by atoms with Gasteiger partial charge in [0.05, 0.1) is 4.90 Å². The van der Waals surface area contributed by atoms with Gasteiger partial charge in [-0.15, -0.1) is 6.58 Å². The Hall–Kier alpha value is -2.44. The Kier molecular flexibility index (Phi) is 7.12. The summed E-state index contributed by atoms with van der Waals surface area (Å²) in [7, 11) is -3.67. The highest BCUT2D eigenvalue weighted by molar-refractivity contribution is 7.89. The molecule has 5 nitrogen and oxygen atoms in total. The summed E-state index contributed by atoms with van der Waals surface area (Å²) in [5, 5.41) is 2.79. The maximum Gasteiger partial charge on any atom is 0.255 e. The first kappa shape index (κ1) is 19.9. The average molecular weight is 372 g/mol. The molecule has 0 radical (unpaired) electrons. The third kappa shape index (κ3) is 5.54. The van der Waals surface area contributed by atoms with E-state index in [0.29, 0.717) is 5.69 Å². The van der Waals surface area contributed by atoms with Crippen molar-refractivity contribution >= 4 is 21.6 Å². The van der Waals surface area contributed by atoms with Crippen LogP contribution in [0.5, 0.6) is 0 Å². The fourth-order valence-electron chi connectivity index (χ4n) is 2.40. The van der Waals surface area contributed by atoms with Crippen LogP contribution in [0.3, 0.4) is 0 Å². The molecular weight excluding hydrogens is 348 g/mol. The molecule has 2 aromatic rings. The van der Waals surface area contributed by atoms with Crippen LogP contribution in [0.4, 0.5) is 5.69 Å². The van der Waals surface area contributed by atoms with Gasteiger partial charge in [-0.25, -0.2) is 13.1 Å². The van der Waals surface area contributed by atoms with Crippen molar-refractivity contribution in [1.29, 1.82) is 0 Å². The third-order valence-electron chi connectivity index (χ3n) is 3.86. The van der Waals surface area contributed by atoms with Crippen LogP contribution in [0.15, 0.2) is 66.1 Å². The Labute approximate surface area is 155 Å². The summed E-state index contributed by atoms with van der Waals surface area (Å²) in [5.74, 6) is -0.355. The minimum atomic E-state index is -3.67. The molecule has 0 atom stereocenters. The van der Waals surface area contributed by atoms with E-state index < -0.39 is 10.0 Å². The van der Waals surface area contributed by atoms with E-state index in [1.54, 1.807) is 12.1 Å². The zero-order chi connectivity index (χ0) is 19.0. The number of sulfonamides is 1. The Bertz CT molecular complexity index is 859. The number of amides is 1. The van der Waals surface area contributed by atoms with Crippen LogP contribution in [-0.2, 0) is 16.4 Å². The summed E-state index contributed by atoms with van der Waals surface area (Å²) in [6, 6.07) is 13.6. The maximum absolute atomic E-state index is 12.4. The van der Waals surface area contributed by atoms with Crippen molar-refractivity contribution in [3.8, 4) is 0 Å². The number of nitrogens with one attached hydrogen (secondary N) is 2. The first-order chi connectivity index (χ1) is 12.5. The molecule has 2 aromatic carbocycles. The zero-order valence-corrected chi connectivity index (χ0v) is 15.7. The van der Waals surface area contributed by atoms with E-state index in [-0.39, 0.29) is 22.9 Å². The van der Waals surface area contributed by atoms with Crippen LogP contribution in [0.25, 0.3) is 0 Å². The monoisotopic (exact) mass is 372 g/mol. The van der Waals surface area contributed by atoms with Crippen LogP contribution in [0, 0.1) is 0 Å². The van der Waals surface area contributed by atoms with Gasteiger partial charge in [-0.05, 0) is 48.7 Å². The third-order valence-corrected chi connectivity index (χ3v) is 5.28. The smallest absolute Gasteiger partial charge is 0.255 e. The standard InChI is InChI=1S/C20H24N2O3S/c1-3-5-7-16-10-12-18(13-11-16)22-20(23)17-8-6-9-19(15-17)26(24,25)21-14-4-2/h4,6,8-13,15,21H,2-3,5,7,14H2,1H3,(H,22,23). The predicted octanol–water partition coefficient (Wildman–Crippen LogP) is 3.75. The number of carbonyl (C=O) groups excluding carboxylic acids is 1. The van der Waals surface area contributed by atoms with Crippen LogP contribution in [-0.4, -0.2) is 20.9 Å². The van der Waals surface area contributed by atoms with Crippen molar-refractivity contribution in [2.75, 3.05) is 11.9 Å². The minimum absolute atomic E-state index is 0.0434. The van der Waals surface area contributed by atoms with Crippen LogP contribution >= 0.6 is 0 Å². The molecule has 26 heavy (non-hydrogen) atoms. The van der Waals surface area contributed by atoms with Gasteiger partial charge in [-0.3, -0.25) is 4.79 Å². The molecule has 0 aliphatic heterocycles. The highest BCUT2D eigenvalue weighted by Gasteiger charge is 2.15. The molecule has 0 saturated carbocycles. The molecule has 0 saturated heterocycles. The second-order valence-corrected chi connectivity index (χ2v) is 7.69. The van der Waals surface area contributed by atoms with Crippen molar-refractivity contribution in [3.63, 3.8) is 0 Å². The number of benzene rings is 2. The van der Waals surface area contributed by atoms with E-state index in [2.05, 4.69) is 23.5 Å². The summed E-state index contributed by atoms with van der Waals surface area (Å²) in [6.45, 7) is 5.76. The van der Waals surface area contributed by atoms with E-state index in [1.807, 2.05) is 24.3 Å². The molecule has 0 unspecified atom stereocenters. The second kappa shape index (κ2) is 9.31. The normalized spacial score (nSPS) is 11.1. The molecule has 1 amide bonds. The number of anilines is 1. The van der Waals surface area contributed by atoms with E-state index in [0.717, 1.165) is 19.3 Å². The number of aryl methyl sites for hydroxylation is 1. The number of carbonyl (C=O) groups is 1. The van der Waals surface area contributed by atoms with Gasteiger partial charge in [0.2, 0.25) is 10.0 Å². The first-order valence-corrected chi connectivity index (χ1v) is 10.1. The molecule has 0 aromatic heterocycles. The van der Waals surface area contributed by atoms with Crippen LogP contribution in [0.2, 0.25) is 0 Å². The topological polar surface area (TPSA) is 75.3 Å². The highest BCUT2D eigenvalue weighted by atomic mass is 32.2. The summed E-state index contributed by atoms with van der Waals surface area (Å²) in [5.41, 5.74) is 2.18. The van der Waals surface area contributed by atoms with Gasteiger partial charge in [0.1, 0.15) is 0 Å². The summed E-state index contributed by atoms with van der Waals surface area (Å²) >= 11 is 0. The summed E-state index contributed by atoms with van der Waals surface area (Å²) < 4.78 is 26.7. The van der Waals surface area contributed by atoms with Gasteiger partial charge in [-0.2, -0.15) is 0 Å². The van der Waals surface area contributed by atoms with E-state index in [9.17, 15) is 13.2 Å². The largest absolute Gasteiger partial charge is 0.322 e. The van der Waals surface area contributed by atoms with E-state index in [1.165, 1.54) is 23.8 Å². The molecule has 0 aliphatic carbocycles. The fourth-order valence-corrected chi connectivity index (χ4v) is 3.44. The lowest BCUT2D eigenvalue weighted by Gasteiger charge is -2.09. The summed E-state index contributed by atoms with van der Waals surface area (Å²) in [6.07, 6.45) is 4.74. The quantitative estimate of drug-likeness (QED) is 0.658. The first-order valence-electron chi connectivity index (χ1n) is 8.57. The van der Waals surface area contributed by atoms with Crippen molar-refractivity contribution in [3.05, 3.63) is 72.3 Å². The van der Waals surface area contributed by atoms with Gasteiger partial charge in [0.15, 0.2) is 0 Å². The lowest BCUT2D eigenvalue weighted by atomic mass is 10.1. The SMILES string of the molecule is C=CCNS(=O)(=O)c1cccc(C(=O)Nc2ccc(CCCC)cc2)c1. The number of rotatable bonds is 9. The summed E-state index contributed by atoms with van der Waals surface area (Å²) in [4.78, 5) is 12.5. The van der Waals surface area contributed by atoms with Crippen LogP contribution < -0.4 is 10.0 Å². The van der Waals surface area contributed by atoms with Gasteiger partial charge < -0.3 is 5.32 Å². The van der Waals surface area contributed by atoms with Gasteiger partial charge in [0.25, 0.3) is 5.91 Å². The van der Waals surface area contributed by atoms with Crippen molar-refractivity contribution in [2.24, 2.45) is 0 Å². The van der Waals surface area contributed by atoms with Gasteiger partial charge >= 0.3 is 0 Å². The lowest BCUT2D eigenvalue weighted by molar-refractivity contribution is 0.102. The highest BCUT2D eigenvalue weighted by Crippen LogP contribution is 2.15. The molecule has 6 heteroatoms. The molecule has 0 aliphatic rings. The number of unbranched alkanes of at least 4 members (excludes halogenated alkanes) is 1. The van der Waals surface area contributed by atoms with E-state index >= 15 is 0 Å². The number of hydrogen-bond donors (Lipinski definition) is 2. The fraction of sp³-hybridized carbons (Fsp3) is 0.250. The second-order valence-electron chi connectivity index (χ2n) is 5.92. The van der Waals surface area contributed by atoms with E-state index in [4.69, 9.17) is 0 Å². The molecule has 2 rings (SSSR count). The van der Waals surface area contributed by atoms with Crippen LogP contribution in [0.1, 0.15) is 35.7 Å². The molecule has 138 valence electrons. The van der Waals surface area contributed by atoms with Crippen molar-refractivity contribution in [1.82, 2.24) is 4.72 Å². The molecule has 0 fully saturated rings. The Morgan fingerprint density at radius 2 is 1.88 bits per heavy atom. The predicted molar refractivity (Wildman–Crippen MR) is 105 cm³/mol. The average Bonchev–Trinajstić information content (AvgIpc) is 2.66. The maximum atomic E-state index is 12.4. The minimum Gasteiger partial charge on any atom is -0.322 e. The Morgan fingerprint density at radius 3 is 2.54 bits per heavy atom. The molecular formula is C20H24N2O3S. The Morgan fingerprint density at radius 1 is 1.15 bits per heavy atom. The Balaban J connectivity index is 2.10. The molecule has 0 bridgehead atoms.